The molecule has 5 rings (SSSR count). The van der Waals surface area contributed by atoms with Crippen molar-refractivity contribution in [2.75, 3.05) is 18.0 Å². The maximum atomic E-state index is 6.23. The third kappa shape index (κ3) is 3.28. The molecule has 2 aliphatic heterocycles. The van der Waals surface area contributed by atoms with E-state index in [9.17, 15) is 0 Å². The van der Waals surface area contributed by atoms with Crippen molar-refractivity contribution in [3.63, 3.8) is 0 Å². The summed E-state index contributed by atoms with van der Waals surface area (Å²) in [6.45, 7) is 5.25. The van der Waals surface area contributed by atoms with E-state index in [1.807, 2.05) is 0 Å². The highest BCUT2D eigenvalue weighted by Gasteiger charge is 2.27. The first-order chi connectivity index (χ1) is 13.1. The molecule has 1 aromatic carbocycles. The van der Waals surface area contributed by atoms with E-state index in [0.29, 0.717) is 18.9 Å². The first-order valence-electron chi connectivity index (χ1n) is 9.20. The van der Waals surface area contributed by atoms with E-state index >= 15 is 0 Å². The molecule has 1 fully saturated rings. The molecule has 27 heavy (non-hydrogen) atoms. The van der Waals surface area contributed by atoms with Crippen LogP contribution in [0, 0.1) is 0 Å². The number of ether oxygens (including phenoxy) is 1. The fourth-order valence-electron chi connectivity index (χ4n) is 3.58. The molecule has 2 aromatic heterocycles. The van der Waals surface area contributed by atoms with E-state index in [0.717, 1.165) is 42.6 Å². The summed E-state index contributed by atoms with van der Waals surface area (Å²) in [7, 11) is 0. The summed E-state index contributed by atoms with van der Waals surface area (Å²) in [5.41, 5.74) is 10.0. The molecular formula is C19H22N6OS. The van der Waals surface area contributed by atoms with Gasteiger partial charge in [-0.05, 0) is 37.0 Å². The molecule has 7 nitrogen and oxygen atoms in total. The summed E-state index contributed by atoms with van der Waals surface area (Å²) < 4.78 is 5.57. The van der Waals surface area contributed by atoms with Crippen LogP contribution in [-0.2, 0) is 18.0 Å². The first kappa shape index (κ1) is 17.0. The Morgan fingerprint density at radius 1 is 1.22 bits per heavy atom. The summed E-state index contributed by atoms with van der Waals surface area (Å²) in [6, 6.07) is 6.30. The Morgan fingerprint density at radius 2 is 2.07 bits per heavy atom. The molecular weight excluding hydrogens is 360 g/mol. The van der Waals surface area contributed by atoms with Crippen molar-refractivity contribution in [2.24, 2.45) is 5.73 Å². The number of nitrogens with one attached hydrogen (secondary N) is 1. The van der Waals surface area contributed by atoms with Gasteiger partial charge in [-0.25, -0.2) is 9.97 Å². The number of aromatic amines is 1. The molecule has 0 saturated carbocycles. The first-order valence-corrected chi connectivity index (χ1v) is 10.0. The molecule has 8 heteroatoms. The molecule has 4 heterocycles. The van der Waals surface area contributed by atoms with Gasteiger partial charge in [0.25, 0.3) is 0 Å². The minimum absolute atomic E-state index is 0.0809. The molecule has 140 valence electrons. The smallest absolute Gasteiger partial charge is 0.206 e. The van der Waals surface area contributed by atoms with E-state index in [2.05, 4.69) is 45.0 Å². The molecule has 0 radical (unpaired) electrons. The number of piperidine rings is 1. The van der Waals surface area contributed by atoms with Gasteiger partial charge in [-0.2, -0.15) is 4.98 Å². The zero-order valence-corrected chi connectivity index (χ0v) is 16.1. The van der Waals surface area contributed by atoms with Crippen LogP contribution in [0.2, 0.25) is 0 Å². The number of hydrogen-bond acceptors (Lipinski definition) is 7. The maximum absolute atomic E-state index is 6.23. The zero-order chi connectivity index (χ0) is 18.4. The molecule has 1 saturated heterocycles. The van der Waals surface area contributed by atoms with Crippen LogP contribution in [0.1, 0.15) is 30.9 Å². The topological polar surface area (TPSA) is 92.9 Å². The van der Waals surface area contributed by atoms with Crippen LogP contribution in [-0.4, -0.2) is 38.6 Å². The maximum Gasteiger partial charge on any atom is 0.206 e. The quantitative estimate of drug-likeness (QED) is 0.719. The number of aromatic nitrogens is 4. The van der Waals surface area contributed by atoms with E-state index in [4.69, 9.17) is 15.5 Å². The largest absolute Gasteiger partial charge is 0.372 e. The van der Waals surface area contributed by atoms with Gasteiger partial charge in [0.2, 0.25) is 5.95 Å². The predicted molar refractivity (Wildman–Crippen MR) is 105 cm³/mol. The SMILES string of the molecule is CC1(N)CCN(c2nc3ncc(Sc4cccc5c4COC5)nc3[nH]2)CC1. The molecule has 3 N–H and O–H groups in total. The van der Waals surface area contributed by atoms with Crippen LogP contribution in [0.5, 0.6) is 0 Å². The van der Waals surface area contributed by atoms with Gasteiger partial charge in [0.15, 0.2) is 11.3 Å². The van der Waals surface area contributed by atoms with Crippen molar-refractivity contribution in [3.8, 4) is 0 Å². The van der Waals surface area contributed by atoms with Gasteiger partial charge in [0.1, 0.15) is 5.03 Å². The van der Waals surface area contributed by atoms with Crippen molar-refractivity contribution in [1.82, 2.24) is 19.9 Å². The predicted octanol–water partition coefficient (Wildman–Crippen LogP) is 2.85. The number of fused-ring (bicyclic) bond motifs is 2. The Labute approximate surface area is 161 Å². The lowest BCUT2D eigenvalue weighted by molar-refractivity contribution is 0.133. The lowest BCUT2D eigenvalue weighted by atomic mass is 9.91. The molecule has 3 aromatic rings. The zero-order valence-electron chi connectivity index (χ0n) is 15.2. The second-order valence-electron chi connectivity index (χ2n) is 7.57. The van der Waals surface area contributed by atoms with Crippen LogP contribution in [0.3, 0.4) is 0 Å². The van der Waals surface area contributed by atoms with Crippen LogP contribution in [0.4, 0.5) is 5.95 Å². The summed E-state index contributed by atoms with van der Waals surface area (Å²) in [6.07, 6.45) is 3.69. The molecule has 0 atom stereocenters. The van der Waals surface area contributed by atoms with E-state index in [1.165, 1.54) is 16.0 Å². The Kier molecular flexibility index (Phi) is 4.07. The number of nitrogens with zero attached hydrogens (tertiary/aromatic N) is 4. The third-order valence-electron chi connectivity index (χ3n) is 5.33. The number of imidazole rings is 1. The normalized spacial score (nSPS) is 18.8. The Balaban J connectivity index is 1.39. The van der Waals surface area contributed by atoms with Gasteiger partial charge in [-0.15, -0.1) is 0 Å². The third-order valence-corrected chi connectivity index (χ3v) is 6.34. The van der Waals surface area contributed by atoms with Crippen molar-refractivity contribution >= 4 is 29.0 Å². The van der Waals surface area contributed by atoms with E-state index in [1.54, 1.807) is 18.0 Å². The minimum atomic E-state index is -0.0809. The summed E-state index contributed by atoms with van der Waals surface area (Å²) >= 11 is 1.62. The summed E-state index contributed by atoms with van der Waals surface area (Å²) in [5.74, 6) is 0.830. The Bertz CT molecular complexity index is 991. The van der Waals surface area contributed by atoms with Crippen molar-refractivity contribution < 1.29 is 4.74 Å². The van der Waals surface area contributed by atoms with Gasteiger partial charge in [-0.3, -0.25) is 0 Å². The minimum Gasteiger partial charge on any atom is -0.372 e. The number of benzene rings is 1. The number of hydrogen-bond donors (Lipinski definition) is 2. The molecule has 0 spiro atoms. The molecule has 0 aliphatic carbocycles. The molecule has 0 unspecified atom stereocenters. The highest BCUT2D eigenvalue weighted by Crippen LogP contribution is 2.34. The number of H-pyrrole nitrogens is 1. The van der Waals surface area contributed by atoms with Crippen LogP contribution in [0.25, 0.3) is 11.3 Å². The monoisotopic (exact) mass is 382 g/mol. The fourth-order valence-corrected chi connectivity index (χ4v) is 4.50. The summed E-state index contributed by atoms with van der Waals surface area (Å²) in [4.78, 5) is 20.6. The van der Waals surface area contributed by atoms with Crippen LogP contribution < -0.4 is 10.6 Å². The van der Waals surface area contributed by atoms with Gasteiger partial charge >= 0.3 is 0 Å². The lowest BCUT2D eigenvalue weighted by Gasteiger charge is -2.36. The second-order valence-corrected chi connectivity index (χ2v) is 8.63. The average molecular weight is 382 g/mol. The average Bonchev–Trinajstić information content (AvgIpc) is 3.28. The van der Waals surface area contributed by atoms with Gasteiger partial charge in [0, 0.05) is 23.5 Å². The van der Waals surface area contributed by atoms with E-state index in [-0.39, 0.29) is 5.54 Å². The fraction of sp³-hybridized carbons (Fsp3) is 0.421. The van der Waals surface area contributed by atoms with Crippen LogP contribution >= 0.6 is 11.8 Å². The van der Waals surface area contributed by atoms with E-state index < -0.39 is 0 Å². The number of nitrogens with two attached hydrogens (primary N) is 1. The van der Waals surface area contributed by atoms with Gasteiger partial charge < -0.3 is 20.4 Å². The summed E-state index contributed by atoms with van der Waals surface area (Å²) in [5, 5.41) is 0.853. The molecule has 0 amide bonds. The highest BCUT2D eigenvalue weighted by atomic mass is 32.2. The Hall–Kier alpha value is -2.16. The second kappa shape index (κ2) is 6.47. The number of rotatable bonds is 3. The van der Waals surface area contributed by atoms with Gasteiger partial charge in [0.05, 0.1) is 19.4 Å². The Morgan fingerprint density at radius 3 is 2.93 bits per heavy atom. The van der Waals surface area contributed by atoms with Crippen molar-refractivity contribution in [1.29, 1.82) is 0 Å². The van der Waals surface area contributed by atoms with Gasteiger partial charge in [-0.1, -0.05) is 23.9 Å². The standard InChI is InChI=1S/C19H22N6OS/c1-19(20)5-7-25(8-6-19)18-23-16-17(24-18)22-15(9-21-16)27-14-4-2-3-12-10-26-11-13(12)14/h2-4,9H,5-8,10-11,20H2,1H3,(H,21,22,23,24). The van der Waals surface area contributed by atoms with Crippen LogP contribution in [0.15, 0.2) is 34.3 Å². The lowest BCUT2D eigenvalue weighted by Crippen LogP contribution is -2.48. The highest BCUT2D eigenvalue weighted by molar-refractivity contribution is 7.99. The van der Waals surface area contributed by atoms with Crippen molar-refractivity contribution in [3.05, 3.63) is 35.5 Å². The molecule has 2 aliphatic rings. The number of anilines is 1. The molecule has 0 bridgehead atoms. The van der Waals surface area contributed by atoms with Crippen molar-refractivity contribution in [2.45, 2.75) is 48.4 Å².